The normalized spacial score (nSPS) is 10.4. The summed E-state index contributed by atoms with van der Waals surface area (Å²) in [5, 5.41) is 0. The van der Waals surface area contributed by atoms with Crippen LogP contribution in [0.5, 0.6) is 5.75 Å². The van der Waals surface area contributed by atoms with Crippen LogP contribution in [-0.4, -0.2) is 17.5 Å². The maximum Gasteiger partial charge on any atom is 0.266 e. The minimum atomic E-state index is -0.364. The van der Waals surface area contributed by atoms with E-state index in [1.165, 1.54) is 4.57 Å². The summed E-state index contributed by atoms with van der Waals surface area (Å²) in [5.41, 5.74) is 0.897. The van der Waals surface area contributed by atoms with Crippen molar-refractivity contribution in [3.63, 3.8) is 0 Å². The zero-order chi connectivity index (χ0) is 17.1. The molecule has 2 aromatic carbocycles. The van der Waals surface area contributed by atoms with Gasteiger partial charge in [0.25, 0.3) is 5.56 Å². The molecule has 0 saturated heterocycles. The molecule has 0 aliphatic rings. The van der Waals surface area contributed by atoms with Gasteiger partial charge in [-0.2, -0.15) is 0 Å². The number of aromatic nitrogens is 1. The van der Waals surface area contributed by atoms with Crippen molar-refractivity contribution in [1.82, 2.24) is 4.57 Å². The first-order chi connectivity index (χ1) is 11.6. The molecule has 0 N–H and O–H groups in total. The Morgan fingerprint density at radius 2 is 1.79 bits per heavy atom. The lowest BCUT2D eigenvalue weighted by Gasteiger charge is -2.11. The summed E-state index contributed by atoms with van der Waals surface area (Å²) >= 11 is 3.44. The van der Waals surface area contributed by atoms with E-state index < -0.39 is 0 Å². The number of carbonyl (C=O) groups is 1. The zero-order valence-electron chi connectivity index (χ0n) is 12.9. The van der Waals surface area contributed by atoms with Gasteiger partial charge in [0.2, 0.25) is 0 Å². The van der Waals surface area contributed by atoms with Gasteiger partial charge in [0.15, 0.2) is 5.78 Å². The predicted molar refractivity (Wildman–Crippen MR) is 96.2 cm³/mol. The van der Waals surface area contributed by atoms with Gasteiger partial charge in [-0.3, -0.25) is 14.2 Å². The molecule has 1 heterocycles. The number of hydrogen-bond donors (Lipinski definition) is 0. The van der Waals surface area contributed by atoms with Crippen LogP contribution in [0.25, 0.3) is 5.69 Å². The van der Waals surface area contributed by atoms with E-state index in [-0.39, 0.29) is 16.9 Å². The predicted octanol–water partition coefficient (Wildman–Crippen LogP) is 3.84. The Morgan fingerprint density at radius 3 is 2.46 bits per heavy atom. The van der Waals surface area contributed by atoms with Crippen molar-refractivity contribution in [3.05, 3.63) is 92.8 Å². The summed E-state index contributed by atoms with van der Waals surface area (Å²) in [7, 11) is 1.58. The van der Waals surface area contributed by atoms with Crippen LogP contribution in [0.4, 0.5) is 0 Å². The van der Waals surface area contributed by atoms with Crippen molar-refractivity contribution >= 4 is 21.7 Å². The van der Waals surface area contributed by atoms with E-state index >= 15 is 0 Å². The lowest BCUT2D eigenvalue weighted by Crippen LogP contribution is -2.25. The second kappa shape index (κ2) is 6.84. The minimum Gasteiger partial charge on any atom is -0.497 e. The number of carbonyl (C=O) groups excluding carboxylic acids is 1. The Kier molecular flexibility index (Phi) is 4.62. The maximum atomic E-state index is 12.8. The molecular weight excluding hydrogens is 370 g/mol. The molecule has 0 saturated carbocycles. The van der Waals surface area contributed by atoms with Crippen LogP contribution in [-0.2, 0) is 0 Å². The molecule has 1 aromatic heterocycles. The zero-order valence-corrected chi connectivity index (χ0v) is 14.5. The maximum absolute atomic E-state index is 12.8. The van der Waals surface area contributed by atoms with Gasteiger partial charge in [-0.1, -0.05) is 30.3 Å². The highest BCUT2D eigenvalue weighted by Crippen LogP contribution is 2.25. The summed E-state index contributed by atoms with van der Waals surface area (Å²) in [5.74, 6) is 0.384. The van der Waals surface area contributed by atoms with E-state index in [2.05, 4.69) is 15.9 Å². The number of methoxy groups -OCH3 is 1. The van der Waals surface area contributed by atoms with Gasteiger partial charge in [0, 0.05) is 16.2 Å². The van der Waals surface area contributed by atoms with Crippen LogP contribution in [0.15, 0.2) is 76.1 Å². The van der Waals surface area contributed by atoms with Crippen molar-refractivity contribution in [2.75, 3.05) is 7.11 Å². The van der Waals surface area contributed by atoms with E-state index in [9.17, 15) is 9.59 Å². The van der Waals surface area contributed by atoms with Gasteiger partial charge in [-0.05, 0) is 46.3 Å². The van der Waals surface area contributed by atoms with Gasteiger partial charge < -0.3 is 4.74 Å². The van der Waals surface area contributed by atoms with Gasteiger partial charge in [-0.25, -0.2) is 0 Å². The quantitative estimate of drug-likeness (QED) is 0.643. The van der Waals surface area contributed by atoms with Crippen LogP contribution in [0, 0.1) is 0 Å². The Bertz CT molecular complexity index is 948. The second-order valence-electron chi connectivity index (χ2n) is 5.11. The van der Waals surface area contributed by atoms with Crippen LogP contribution >= 0.6 is 15.9 Å². The first kappa shape index (κ1) is 16.2. The molecule has 4 nitrogen and oxygen atoms in total. The molecule has 0 fully saturated rings. The third-order valence-corrected chi connectivity index (χ3v) is 4.28. The summed E-state index contributed by atoms with van der Waals surface area (Å²) in [6.07, 6.45) is 1.64. The highest BCUT2D eigenvalue weighted by molar-refractivity contribution is 9.10. The van der Waals surface area contributed by atoms with E-state index in [1.807, 2.05) is 6.07 Å². The van der Waals surface area contributed by atoms with Crippen molar-refractivity contribution in [2.24, 2.45) is 0 Å². The second-order valence-corrected chi connectivity index (χ2v) is 5.96. The molecule has 3 rings (SSSR count). The summed E-state index contributed by atoms with van der Waals surface area (Å²) in [6.45, 7) is 0. The first-order valence-corrected chi connectivity index (χ1v) is 8.06. The molecule has 0 aliphatic carbocycles. The molecular formula is C19H14BrNO3. The fourth-order valence-electron chi connectivity index (χ4n) is 2.41. The fraction of sp³-hybridized carbons (Fsp3) is 0.0526. The van der Waals surface area contributed by atoms with Crippen molar-refractivity contribution < 1.29 is 9.53 Å². The molecule has 5 heteroatoms. The van der Waals surface area contributed by atoms with Crippen LogP contribution in [0.1, 0.15) is 15.9 Å². The van der Waals surface area contributed by atoms with E-state index in [4.69, 9.17) is 4.74 Å². The molecule has 0 spiro atoms. The van der Waals surface area contributed by atoms with E-state index in [0.717, 1.165) is 0 Å². The number of halogens is 1. The van der Waals surface area contributed by atoms with Crippen LogP contribution in [0.2, 0.25) is 0 Å². The molecule has 0 unspecified atom stereocenters. The molecule has 3 aromatic rings. The molecule has 0 radical (unpaired) electrons. The third-order valence-electron chi connectivity index (χ3n) is 3.64. The number of benzene rings is 2. The number of hydrogen-bond acceptors (Lipinski definition) is 3. The van der Waals surface area contributed by atoms with E-state index in [1.54, 1.807) is 67.9 Å². The summed E-state index contributed by atoms with van der Waals surface area (Å²) < 4.78 is 7.31. The number of rotatable bonds is 4. The van der Waals surface area contributed by atoms with Gasteiger partial charge in [0.05, 0.1) is 18.4 Å². The molecule has 24 heavy (non-hydrogen) atoms. The number of ketones is 1. The largest absolute Gasteiger partial charge is 0.497 e. The van der Waals surface area contributed by atoms with Crippen molar-refractivity contribution in [1.29, 1.82) is 0 Å². The van der Waals surface area contributed by atoms with Crippen molar-refractivity contribution in [3.8, 4) is 11.4 Å². The Morgan fingerprint density at radius 1 is 1.04 bits per heavy atom. The summed E-state index contributed by atoms with van der Waals surface area (Å²) in [6, 6.07) is 17.3. The first-order valence-electron chi connectivity index (χ1n) is 7.27. The summed E-state index contributed by atoms with van der Waals surface area (Å²) in [4.78, 5) is 25.4. The lowest BCUT2D eigenvalue weighted by atomic mass is 10.0. The number of nitrogens with zero attached hydrogens (tertiary/aromatic N) is 1. The molecule has 120 valence electrons. The average molecular weight is 384 g/mol. The van der Waals surface area contributed by atoms with Crippen molar-refractivity contribution in [2.45, 2.75) is 0 Å². The topological polar surface area (TPSA) is 48.3 Å². The van der Waals surface area contributed by atoms with Crippen LogP contribution in [0.3, 0.4) is 0 Å². The van der Waals surface area contributed by atoms with Gasteiger partial charge in [-0.15, -0.1) is 0 Å². The highest BCUT2D eigenvalue weighted by atomic mass is 79.9. The molecule has 0 amide bonds. The highest BCUT2D eigenvalue weighted by Gasteiger charge is 2.15. The smallest absolute Gasteiger partial charge is 0.266 e. The molecule has 0 aliphatic heterocycles. The standard InChI is InChI=1S/C19H14BrNO3/c1-24-14-9-10-17(16(20)12-14)21-11-5-8-15(19(21)23)18(22)13-6-3-2-4-7-13/h2-12H,1H3. The Balaban J connectivity index is 2.10. The average Bonchev–Trinajstić information content (AvgIpc) is 2.62. The SMILES string of the molecule is COc1ccc(-n2cccc(C(=O)c3ccccc3)c2=O)c(Br)c1. The Labute approximate surface area is 147 Å². The van der Waals surface area contributed by atoms with Crippen LogP contribution < -0.4 is 10.3 Å². The molecule has 0 bridgehead atoms. The third kappa shape index (κ3) is 3.03. The molecule has 0 atom stereocenters. The number of ether oxygens (including phenoxy) is 1. The number of pyridine rings is 1. The Hall–Kier alpha value is -2.66. The van der Waals surface area contributed by atoms with Gasteiger partial charge >= 0.3 is 0 Å². The minimum absolute atomic E-state index is 0.131. The fourth-order valence-corrected chi connectivity index (χ4v) is 2.96. The van der Waals surface area contributed by atoms with Gasteiger partial charge in [0.1, 0.15) is 5.75 Å². The lowest BCUT2D eigenvalue weighted by molar-refractivity contribution is 0.103. The van der Waals surface area contributed by atoms with E-state index in [0.29, 0.717) is 21.5 Å². The monoisotopic (exact) mass is 383 g/mol.